The Kier molecular flexibility index (Phi) is 3.51. The van der Waals surface area contributed by atoms with Crippen LogP contribution in [0.1, 0.15) is 30.0 Å². The number of rotatable bonds is 5. The Hall–Kier alpha value is -1.80. The van der Waals surface area contributed by atoms with Crippen LogP contribution in [0, 0.1) is 0 Å². The lowest BCUT2D eigenvalue weighted by molar-refractivity contribution is 0.303. The third-order valence-corrected chi connectivity index (χ3v) is 3.43. The standard InChI is InChI=1S/C17H19NO/c18-17(12-13-4-2-1-3-5-13)14-6-8-15(9-7-14)19-16-10-11-16/h1-9,16-17H,10-12,18H2. The van der Waals surface area contributed by atoms with Gasteiger partial charge in [0.1, 0.15) is 5.75 Å². The fourth-order valence-electron chi connectivity index (χ4n) is 2.16. The Balaban J connectivity index is 1.64. The van der Waals surface area contributed by atoms with Crippen LogP contribution in [0.4, 0.5) is 0 Å². The molecule has 1 atom stereocenters. The molecule has 1 unspecified atom stereocenters. The number of hydrogen-bond acceptors (Lipinski definition) is 2. The van der Waals surface area contributed by atoms with Crippen LogP contribution in [0.5, 0.6) is 5.75 Å². The third-order valence-electron chi connectivity index (χ3n) is 3.43. The molecular weight excluding hydrogens is 234 g/mol. The van der Waals surface area contributed by atoms with E-state index in [1.807, 2.05) is 18.2 Å². The summed E-state index contributed by atoms with van der Waals surface area (Å²) in [5.41, 5.74) is 8.68. The Bertz CT molecular complexity index is 517. The summed E-state index contributed by atoms with van der Waals surface area (Å²) in [5.74, 6) is 0.957. The van der Waals surface area contributed by atoms with Crippen molar-refractivity contribution in [2.45, 2.75) is 31.4 Å². The molecule has 0 radical (unpaired) electrons. The number of ether oxygens (including phenoxy) is 1. The van der Waals surface area contributed by atoms with Crippen LogP contribution in [0.15, 0.2) is 54.6 Å². The normalized spacial score (nSPS) is 16.1. The Morgan fingerprint density at radius 2 is 1.68 bits per heavy atom. The second-order valence-corrected chi connectivity index (χ2v) is 5.18. The van der Waals surface area contributed by atoms with Crippen LogP contribution in [-0.2, 0) is 6.42 Å². The summed E-state index contributed by atoms with van der Waals surface area (Å²) >= 11 is 0. The van der Waals surface area contributed by atoms with Crippen molar-refractivity contribution in [2.24, 2.45) is 5.73 Å². The van der Waals surface area contributed by atoms with E-state index in [1.54, 1.807) is 0 Å². The highest BCUT2D eigenvalue weighted by atomic mass is 16.5. The Labute approximate surface area is 114 Å². The molecule has 2 aromatic carbocycles. The maximum Gasteiger partial charge on any atom is 0.119 e. The van der Waals surface area contributed by atoms with Crippen LogP contribution in [0.3, 0.4) is 0 Å². The van der Waals surface area contributed by atoms with Crippen molar-refractivity contribution in [1.82, 2.24) is 0 Å². The predicted octanol–water partition coefficient (Wildman–Crippen LogP) is 3.47. The molecule has 0 aliphatic heterocycles. The van der Waals surface area contributed by atoms with Crippen molar-refractivity contribution in [3.8, 4) is 5.75 Å². The van der Waals surface area contributed by atoms with E-state index < -0.39 is 0 Å². The van der Waals surface area contributed by atoms with Gasteiger partial charge in [0.15, 0.2) is 0 Å². The van der Waals surface area contributed by atoms with Crippen LogP contribution in [-0.4, -0.2) is 6.10 Å². The first-order valence-corrected chi connectivity index (χ1v) is 6.87. The molecule has 0 amide bonds. The van der Waals surface area contributed by atoms with Crippen molar-refractivity contribution in [3.05, 3.63) is 65.7 Å². The molecule has 1 saturated carbocycles. The molecule has 0 saturated heterocycles. The highest BCUT2D eigenvalue weighted by Gasteiger charge is 2.23. The van der Waals surface area contributed by atoms with Gasteiger partial charge in [-0.25, -0.2) is 0 Å². The summed E-state index contributed by atoms with van der Waals surface area (Å²) < 4.78 is 5.74. The number of benzene rings is 2. The van der Waals surface area contributed by atoms with E-state index in [9.17, 15) is 0 Å². The zero-order valence-corrected chi connectivity index (χ0v) is 11.0. The van der Waals surface area contributed by atoms with E-state index in [0.717, 1.165) is 17.7 Å². The van der Waals surface area contributed by atoms with Gasteiger partial charge < -0.3 is 10.5 Å². The molecule has 0 heterocycles. The fraction of sp³-hybridized carbons (Fsp3) is 0.294. The van der Waals surface area contributed by atoms with Gasteiger partial charge in [0.2, 0.25) is 0 Å². The molecule has 1 aliphatic carbocycles. The molecule has 98 valence electrons. The van der Waals surface area contributed by atoms with E-state index in [2.05, 4.69) is 36.4 Å². The maximum atomic E-state index is 6.25. The minimum absolute atomic E-state index is 0.0392. The van der Waals surface area contributed by atoms with Crippen molar-refractivity contribution < 1.29 is 4.74 Å². The van der Waals surface area contributed by atoms with E-state index in [0.29, 0.717) is 6.10 Å². The molecular formula is C17H19NO. The molecule has 2 N–H and O–H groups in total. The molecule has 2 nitrogen and oxygen atoms in total. The quantitative estimate of drug-likeness (QED) is 0.885. The largest absolute Gasteiger partial charge is 0.490 e. The second-order valence-electron chi connectivity index (χ2n) is 5.18. The van der Waals surface area contributed by atoms with Crippen molar-refractivity contribution >= 4 is 0 Å². The molecule has 0 bridgehead atoms. The average Bonchev–Trinajstić information content (AvgIpc) is 3.25. The summed E-state index contributed by atoms with van der Waals surface area (Å²) in [6.07, 6.45) is 3.69. The van der Waals surface area contributed by atoms with Gasteiger partial charge in [-0.1, -0.05) is 42.5 Å². The van der Waals surface area contributed by atoms with Crippen molar-refractivity contribution in [2.75, 3.05) is 0 Å². The third kappa shape index (κ3) is 3.36. The van der Waals surface area contributed by atoms with Gasteiger partial charge >= 0.3 is 0 Å². The maximum absolute atomic E-state index is 6.25. The van der Waals surface area contributed by atoms with Crippen LogP contribution >= 0.6 is 0 Å². The second kappa shape index (κ2) is 5.45. The Morgan fingerprint density at radius 3 is 2.32 bits per heavy atom. The zero-order chi connectivity index (χ0) is 13.1. The predicted molar refractivity (Wildman–Crippen MR) is 77.2 cm³/mol. The van der Waals surface area contributed by atoms with Crippen molar-refractivity contribution in [3.63, 3.8) is 0 Å². The Morgan fingerprint density at radius 1 is 1.00 bits per heavy atom. The molecule has 0 aromatic heterocycles. The van der Waals surface area contributed by atoms with Crippen LogP contribution in [0.2, 0.25) is 0 Å². The monoisotopic (exact) mass is 253 g/mol. The number of nitrogens with two attached hydrogens (primary N) is 1. The summed E-state index contributed by atoms with van der Waals surface area (Å²) in [7, 11) is 0. The van der Waals surface area contributed by atoms with Gasteiger partial charge in [0.05, 0.1) is 6.10 Å². The minimum atomic E-state index is 0.0392. The molecule has 2 aromatic rings. The SMILES string of the molecule is NC(Cc1ccccc1)c1ccc(OC2CC2)cc1. The lowest BCUT2D eigenvalue weighted by Gasteiger charge is -2.13. The molecule has 2 heteroatoms. The zero-order valence-electron chi connectivity index (χ0n) is 11.0. The average molecular weight is 253 g/mol. The highest BCUT2D eigenvalue weighted by molar-refractivity contribution is 5.30. The first-order valence-electron chi connectivity index (χ1n) is 6.87. The number of hydrogen-bond donors (Lipinski definition) is 1. The van der Waals surface area contributed by atoms with E-state index in [4.69, 9.17) is 10.5 Å². The summed E-state index contributed by atoms with van der Waals surface area (Å²) in [4.78, 5) is 0. The van der Waals surface area contributed by atoms with Crippen molar-refractivity contribution in [1.29, 1.82) is 0 Å². The van der Waals surface area contributed by atoms with Gasteiger partial charge in [0, 0.05) is 6.04 Å². The first kappa shape index (κ1) is 12.2. The molecule has 19 heavy (non-hydrogen) atoms. The molecule has 1 fully saturated rings. The van der Waals surface area contributed by atoms with Crippen LogP contribution < -0.4 is 10.5 Å². The molecule has 3 rings (SSSR count). The van der Waals surface area contributed by atoms with Gasteiger partial charge in [-0.15, -0.1) is 0 Å². The topological polar surface area (TPSA) is 35.2 Å². The summed E-state index contributed by atoms with van der Waals surface area (Å²) in [5, 5.41) is 0. The lowest BCUT2D eigenvalue weighted by Crippen LogP contribution is -2.13. The highest BCUT2D eigenvalue weighted by Crippen LogP contribution is 2.27. The lowest BCUT2D eigenvalue weighted by atomic mass is 10.00. The van der Waals surface area contributed by atoms with Gasteiger partial charge in [0.25, 0.3) is 0 Å². The van der Waals surface area contributed by atoms with Gasteiger partial charge in [-0.3, -0.25) is 0 Å². The smallest absolute Gasteiger partial charge is 0.119 e. The summed E-state index contributed by atoms with van der Waals surface area (Å²) in [6, 6.07) is 18.6. The van der Waals surface area contributed by atoms with E-state index in [-0.39, 0.29) is 6.04 Å². The van der Waals surface area contributed by atoms with Gasteiger partial charge in [-0.05, 0) is 42.5 Å². The van der Waals surface area contributed by atoms with E-state index >= 15 is 0 Å². The van der Waals surface area contributed by atoms with Crippen LogP contribution in [0.25, 0.3) is 0 Å². The van der Waals surface area contributed by atoms with Gasteiger partial charge in [-0.2, -0.15) is 0 Å². The first-order chi connectivity index (χ1) is 9.31. The summed E-state index contributed by atoms with van der Waals surface area (Å²) in [6.45, 7) is 0. The van der Waals surface area contributed by atoms with E-state index in [1.165, 1.54) is 18.4 Å². The minimum Gasteiger partial charge on any atom is -0.490 e. The molecule has 0 spiro atoms. The molecule has 1 aliphatic rings. The fourth-order valence-corrected chi connectivity index (χ4v) is 2.16.